The van der Waals surface area contributed by atoms with Crippen LogP contribution in [0.5, 0.6) is 11.5 Å². The smallest absolute Gasteiger partial charge is 0.277 e. The molecular formula is C17H18N2O3. The molecule has 0 heterocycles. The average molecular weight is 298 g/mol. The van der Waals surface area contributed by atoms with Crippen LogP contribution in [0.15, 0.2) is 53.6 Å². The molecule has 1 amide bonds. The maximum atomic E-state index is 11.7. The second-order valence-electron chi connectivity index (χ2n) is 4.85. The van der Waals surface area contributed by atoms with Crippen molar-refractivity contribution in [3.05, 3.63) is 59.7 Å². The summed E-state index contributed by atoms with van der Waals surface area (Å²) in [6.45, 7) is 3.56. The van der Waals surface area contributed by atoms with E-state index in [1.165, 1.54) is 0 Å². The third-order valence-corrected chi connectivity index (χ3v) is 3.03. The number of ether oxygens (including phenoxy) is 1. The van der Waals surface area contributed by atoms with Gasteiger partial charge in [0.2, 0.25) is 0 Å². The highest BCUT2D eigenvalue weighted by molar-refractivity contribution is 6.01. The molecule has 2 aromatic carbocycles. The molecular weight excluding hydrogens is 280 g/mol. The van der Waals surface area contributed by atoms with Gasteiger partial charge in [0, 0.05) is 5.56 Å². The minimum absolute atomic E-state index is 0.119. The van der Waals surface area contributed by atoms with Crippen LogP contribution in [0, 0.1) is 6.92 Å². The van der Waals surface area contributed by atoms with Gasteiger partial charge in [-0.1, -0.05) is 29.8 Å². The van der Waals surface area contributed by atoms with E-state index in [4.69, 9.17) is 4.74 Å². The lowest BCUT2D eigenvalue weighted by Crippen LogP contribution is -2.25. The molecule has 0 atom stereocenters. The molecule has 2 rings (SSSR count). The van der Waals surface area contributed by atoms with E-state index in [0.29, 0.717) is 17.0 Å². The number of carbonyl (C=O) groups is 1. The molecule has 0 aliphatic carbocycles. The third-order valence-electron chi connectivity index (χ3n) is 3.03. The number of para-hydroxylation sites is 1. The van der Waals surface area contributed by atoms with Gasteiger partial charge in [-0.25, -0.2) is 5.43 Å². The lowest BCUT2D eigenvalue weighted by Gasteiger charge is -2.06. The van der Waals surface area contributed by atoms with E-state index in [2.05, 4.69) is 10.5 Å². The number of carbonyl (C=O) groups excluding carboxylic acids is 1. The second kappa shape index (κ2) is 7.26. The predicted octanol–water partition coefficient (Wildman–Crippen LogP) is 2.62. The molecule has 0 saturated heterocycles. The number of phenolic OH excluding ortho intramolecular Hbond substituents is 1. The molecule has 0 aliphatic rings. The summed E-state index contributed by atoms with van der Waals surface area (Å²) in [4.78, 5) is 11.7. The van der Waals surface area contributed by atoms with E-state index in [0.717, 1.165) is 5.56 Å². The fourth-order valence-electron chi connectivity index (χ4n) is 1.80. The highest BCUT2D eigenvalue weighted by Gasteiger charge is 2.05. The Bertz CT molecular complexity index is 679. The van der Waals surface area contributed by atoms with E-state index in [-0.39, 0.29) is 18.3 Å². The van der Waals surface area contributed by atoms with Crippen molar-refractivity contribution >= 4 is 11.6 Å². The zero-order valence-electron chi connectivity index (χ0n) is 12.5. The number of nitrogens with zero attached hydrogens (tertiary/aromatic N) is 1. The lowest BCUT2D eigenvalue weighted by molar-refractivity contribution is -0.123. The zero-order chi connectivity index (χ0) is 15.9. The standard InChI is InChI=1S/C17H18N2O3/c1-12-7-9-14(10-8-12)22-11-17(21)19-18-13(2)15-5-3-4-6-16(15)20/h3-10,20H,11H2,1-2H3,(H,19,21). The Morgan fingerprint density at radius 2 is 1.86 bits per heavy atom. The van der Waals surface area contributed by atoms with Crippen LogP contribution < -0.4 is 10.2 Å². The molecule has 5 heteroatoms. The van der Waals surface area contributed by atoms with Gasteiger partial charge in [0.15, 0.2) is 6.61 Å². The van der Waals surface area contributed by atoms with Crippen LogP contribution in [0.4, 0.5) is 0 Å². The van der Waals surface area contributed by atoms with Crippen LogP contribution in [-0.2, 0) is 4.79 Å². The lowest BCUT2D eigenvalue weighted by atomic mass is 10.1. The summed E-state index contributed by atoms with van der Waals surface area (Å²) in [5, 5.41) is 13.7. The second-order valence-corrected chi connectivity index (χ2v) is 4.85. The van der Waals surface area contributed by atoms with E-state index in [1.807, 2.05) is 19.1 Å². The quantitative estimate of drug-likeness (QED) is 0.658. The van der Waals surface area contributed by atoms with Crippen LogP contribution in [0.3, 0.4) is 0 Å². The predicted molar refractivity (Wildman–Crippen MR) is 85.1 cm³/mol. The van der Waals surface area contributed by atoms with Crippen LogP contribution >= 0.6 is 0 Å². The van der Waals surface area contributed by atoms with E-state index >= 15 is 0 Å². The van der Waals surface area contributed by atoms with Crippen molar-refractivity contribution < 1.29 is 14.6 Å². The SMILES string of the molecule is CC(=NNC(=O)COc1ccc(C)cc1)c1ccccc1O. The molecule has 0 fully saturated rings. The van der Waals surface area contributed by atoms with Crippen molar-refractivity contribution in [1.82, 2.24) is 5.43 Å². The maximum Gasteiger partial charge on any atom is 0.277 e. The van der Waals surface area contributed by atoms with Crippen molar-refractivity contribution in [2.24, 2.45) is 5.10 Å². The Kier molecular flexibility index (Phi) is 5.14. The first-order valence-electron chi connectivity index (χ1n) is 6.87. The summed E-state index contributed by atoms with van der Waals surface area (Å²) < 4.78 is 5.35. The van der Waals surface area contributed by atoms with Crippen molar-refractivity contribution in [1.29, 1.82) is 0 Å². The Balaban J connectivity index is 1.88. The molecule has 5 nitrogen and oxygen atoms in total. The van der Waals surface area contributed by atoms with Crippen molar-refractivity contribution in [2.75, 3.05) is 6.61 Å². The number of aromatic hydroxyl groups is 1. The van der Waals surface area contributed by atoms with Gasteiger partial charge in [0.1, 0.15) is 11.5 Å². The highest BCUT2D eigenvalue weighted by Crippen LogP contribution is 2.16. The van der Waals surface area contributed by atoms with Gasteiger partial charge in [0.25, 0.3) is 5.91 Å². The van der Waals surface area contributed by atoms with Crippen molar-refractivity contribution in [3.8, 4) is 11.5 Å². The van der Waals surface area contributed by atoms with Gasteiger partial charge >= 0.3 is 0 Å². The summed E-state index contributed by atoms with van der Waals surface area (Å²) >= 11 is 0. The van der Waals surface area contributed by atoms with E-state index in [9.17, 15) is 9.90 Å². The van der Waals surface area contributed by atoms with Gasteiger partial charge in [-0.15, -0.1) is 0 Å². The summed E-state index contributed by atoms with van der Waals surface area (Å²) in [6.07, 6.45) is 0. The number of amides is 1. The molecule has 0 aliphatic heterocycles. The number of rotatable bonds is 5. The van der Waals surface area contributed by atoms with Gasteiger partial charge in [-0.05, 0) is 38.1 Å². The number of nitrogens with one attached hydrogen (secondary N) is 1. The molecule has 22 heavy (non-hydrogen) atoms. The third kappa shape index (κ3) is 4.34. The molecule has 0 bridgehead atoms. The minimum Gasteiger partial charge on any atom is -0.507 e. The monoisotopic (exact) mass is 298 g/mol. The largest absolute Gasteiger partial charge is 0.507 e. The van der Waals surface area contributed by atoms with Gasteiger partial charge < -0.3 is 9.84 Å². The normalized spacial score (nSPS) is 11.1. The van der Waals surface area contributed by atoms with Crippen LogP contribution in [0.25, 0.3) is 0 Å². The maximum absolute atomic E-state index is 11.7. The van der Waals surface area contributed by atoms with Gasteiger partial charge in [0.05, 0.1) is 5.71 Å². The highest BCUT2D eigenvalue weighted by atomic mass is 16.5. The van der Waals surface area contributed by atoms with E-state index in [1.54, 1.807) is 43.3 Å². The van der Waals surface area contributed by atoms with Gasteiger partial charge in [-0.2, -0.15) is 5.10 Å². The zero-order valence-corrected chi connectivity index (χ0v) is 12.5. The Labute approximate surface area is 129 Å². The van der Waals surface area contributed by atoms with Crippen LogP contribution in [-0.4, -0.2) is 23.3 Å². The summed E-state index contributed by atoms with van der Waals surface area (Å²) in [5.41, 5.74) is 4.61. The molecule has 0 unspecified atom stereocenters. The fourth-order valence-corrected chi connectivity index (χ4v) is 1.80. The van der Waals surface area contributed by atoms with Crippen molar-refractivity contribution in [3.63, 3.8) is 0 Å². The molecule has 0 radical (unpaired) electrons. The Morgan fingerprint density at radius 3 is 2.55 bits per heavy atom. The number of phenols is 1. The summed E-state index contributed by atoms with van der Waals surface area (Å²) in [5.74, 6) is 0.381. The molecule has 0 aromatic heterocycles. The first-order chi connectivity index (χ1) is 10.6. The molecule has 0 spiro atoms. The van der Waals surface area contributed by atoms with E-state index < -0.39 is 0 Å². The summed E-state index contributed by atoms with van der Waals surface area (Å²) in [6, 6.07) is 14.2. The number of hydrazone groups is 1. The number of hydrogen-bond donors (Lipinski definition) is 2. The van der Waals surface area contributed by atoms with Gasteiger partial charge in [-0.3, -0.25) is 4.79 Å². The number of benzene rings is 2. The number of hydrogen-bond acceptors (Lipinski definition) is 4. The molecule has 114 valence electrons. The Hall–Kier alpha value is -2.82. The molecule has 2 N–H and O–H groups in total. The average Bonchev–Trinajstić information content (AvgIpc) is 2.52. The first-order valence-corrected chi connectivity index (χ1v) is 6.87. The minimum atomic E-state index is -0.365. The molecule has 2 aromatic rings. The first kappa shape index (κ1) is 15.6. The fraction of sp³-hybridized carbons (Fsp3) is 0.176. The molecule has 0 saturated carbocycles. The number of aryl methyl sites for hydroxylation is 1. The topological polar surface area (TPSA) is 70.9 Å². The van der Waals surface area contributed by atoms with Crippen LogP contribution in [0.1, 0.15) is 18.1 Å². The summed E-state index contributed by atoms with van der Waals surface area (Å²) in [7, 11) is 0. The van der Waals surface area contributed by atoms with Crippen LogP contribution in [0.2, 0.25) is 0 Å². The van der Waals surface area contributed by atoms with Crippen molar-refractivity contribution in [2.45, 2.75) is 13.8 Å². The Morgan fingerprint density at radius 1 is 1.18 bits per heavy atom.